The second-order valence-corrected chi connectivity index (χ2v) is 6.13. The maximum atomic E-state index is 12.3. The molecule has 1 N–H and O–H groups in total. The molecule has 1 heterocycles. The number of carbonyl (C=O) groups excluding carboxylic acids is 1. The molecule has 102 valence electrons. The normalized spacial score (nSPS) is 19.3. The second kappa shape index (κ2) is 6.09. The molecule has 1 fully saturated rings. The lowest BCUT2D eigenvalue weighted by Gasteiger charge is -2.30. The van der Waals surface area contributed by atoms with Crippen LogP contribution < -0.4 is 0 Å². The zero-order chi connectivity index (χ0) is 14.0. The fourth-order valence-corrected chi connectivity index (χ4v) is 2.69. The van der Waals surface area contributed by atoms with Crippen LogP contribution in [0.15, 0.2) is 18.2 Å². The van der Waals surface area contributed by atoms with E-state index in [1.54, 1.807) is 23.1 Å². The second-order valence-electron chi connectivity index (χ2n) is 4.56. The summed E-state index contributed by atoms with van der Waals surface area (Å²) in [4.78, 5) is 24.9. The summed E-state index contributed by atoms with van der Waals surface area (Å²) in [5.74, 6) is -1.44. The summed E-state index contributed by atoms with van der Waals surface area (Å²) < 4.78 is 0.887. The fraction of sp³-hybridized carbons (Fsp3) is 0.385. The van der Waals surface area contributed by atoms with Crippen molar-refractivity contribution in [2.24, 2.45) is 5.92 Å². The lowest BCUT2D eigenvalue weighted by Crippen LogP contribution is -2.42. The molecule has 1 aromatic rings. The third kappa shape index (κ3) is 3.39. The van der Waals surface area contributed by atoms with E-state index in [1.807, 2.05) is 0 Å². The average Bonchev–Trinajstić information content (AvgIpc) is 2.41. The Morgan fingerprint density at radius 3 is 2.79 bits per heavy atom. The van der Waals surface area contributed by atoms with Crippen LogP contribution in [0.25, 0.3) is 0 Å². The molecule has 0 aliphatic carbocycles. The first-order chi connectivity index (χ1) is 8.99. The van der Waals surface area contributed by atoms with Gasteiger partial charge in [-0.1, -0.05) is 11.6 Å². The van der Waals surface area contributed by atoms with Crippen molar-refractivity contribution in [2.45, 2.75) is 12.8 Å². The van der Waals surface area contributed by atoms with Crippen molar-refractivity contribution < 1.29 is 14.7 Å². The van der Waals surface area contributed by atoms with Crippen molar-refractivity contribution in [1.29, 1.82) is 0 Å². The van der Waals surface area contributed by atoms with Gasteiger partial charge in [-0.3, -0.25) is 9.59 Å². The molecule has 2 rings (SSSR count). The van der Waals surface area contributed by atoms with E-state index < -0.39 is 11.9 Å². The van der Waals surface area contributed by atoms with Crippen LogP contribution in [-0.2, 0) is 4.79 Å². The van der Waals surface area contributed by atoms with Crippen LogP contribution >= 0.6 is 34.2 Å². The number of benzene rings is 1. The molecular formula is C13H13ClINO3. The van der Waals surface area contributed by atoms with Gasteiger partial charge in [-0.2, -0.15) is 0 Å². The standard InChI is InChI=1S/C13H13ClINO3/c14-10-6-8(3-4-11(10)15)12(17)16-5-1-2-9(7-16)13(18)19/h3-4,6,9H,1-2,5,7H2,(H,18,19)/t9-/m1/s1. The number of carboxylic acid groups (broad SMARTS) is 1. The number of amides is 1. The van der Waals surface area contributed by atoms with Crippen LogP contribution in [0.3, 0.4) is 0 Å². The molecule has 0 saturated carbocycles. The topological polar surface area (TPSA) is 57.6 Å². The monoisotopic (exact) mass is 393 g/mol. The first-order valence-corrected chi connectivity index (χ1v) is 7.42. The molecule has 4 nitrogen and oxygen atoms in total. The molecule has 0 radical (unpaired) electrons. The average molecular weight is 394 g/mol. The highest BCUT2D eigenvalue weighted by Gasteiger charge is 2.28. The Labute approximate surface area is 129 Å². The Morgan fingerprint density at radius 2 is 2.16 bits per heavy atom. The Bertz CT molecular complexity index is 521. The number of rotatable bonds is 2. The zero-order valence-electron chi connectivity index (χ0n) is 10.1. The Balaban J connectivity index is 2.14. The lowest BCUT2D eigenvalue weighted by molar-refractivity contribution is -0.143. The number of hydrogen-bond donors (Lipinski definition) is 1. The molecular weight excluding hydrogens is 381 g/mol. The molecule has 1 aliphatic rings. The molecule has 0 bridgehead atoms. The van der Waals surface area contributed by atoms with E-state index in [0.717, 1.165) is 9.99 Å². The van der Waals surface area contributed by atoms with Gasteiger partial charge in [-0.05, 0) is 53.6 Å². The predicted molar refractivity (Wildman–Crippen MR) is 80.4 cm³/mol. The third-order valence-corrected chi connectivity index (χ3v) is 4.80. The first kappa shape index (κ1) is 14.6. The Kier molecular flexibility index (Phi) is 4.67. The minimum Gasteiger partial charge on any atom is -0.481 e. The predicted octanol–water partition coefficient (Wildman–Crippen LogP) is 2.88. The third-order valence-electron chi connectivity index (χ3n) is 3.22. The zero-order valence-corrected chi connectivity index (χ0v) is 13.0. The highest BCUT2D eigenvalue weighted by Crippen LogP contribution is 2.23. The van der Waals surface area contributed by atoms with Gasteiger partial charge in [0, 0.05) is 22.2 Å². The highest BCUT2D eigenvalue weighted by molar-refractivity contribution is 14.1. The van der Waals surface area contributed by atoms with Crippen molar-refractivity contribution in [2.75, 3.05) is 13.1 Å². The maximum absolute atomic E-state index is 12.3. The summed E-state index contributed by atoms with van der Waals surface area (Å²) in [6.07, 6.45) is 1.35. The molecule has 19 heavy (non-hydrogen) atoms. The van der Waals surface area contributed by atoms with Crippen LogP contribution in [0.4, 0.5) is 0 Å². The first-order valence-electron chi connectivity index (χ1n) is 5.96. The molecule has 1 amide bonds. The minimum atomic E-state index is -0.835. The number of carboxylic acids is 1. The Hall–Kier alpha value is -0.820. The number of halogens is 2. The van der Waals surface area contributed by atoms with Crippen LogP contribution in [0.1, 0.15) is 23.2 Å². The van der Waals surface area contributed by atoms with Crippen LogP contribution in [0.2, 0.25) is 5.02 Å². The summed E-state index contributed by atoms with van der Waals surface area (Å²) in [5, 5.41) is 9.57. The summed E-state index contributed by atoms with van der Waals surface area (Å²) in [6.45, 7) is 0.879. The van der Waals surface area contributed by atoms with Gasteiger partial charge in [0.05, 0.1) is 10.9 Å². The summed E-state index contributed by atoms with van der Waals surface area (Å²) >= 11 is 8.10. The van der Waals surface area contributed by atoms with E-state index >= 15 is 0 Å². The molecule has 0 aromatic heterocycles. The Morgan fingerprint density at radius 1 is 1.42 bits per heavy atom. The molecule has 1 aromatic carbocycles. The molecule has 6 heteroatoms. The number of aliphatic carboxylic acids is 1. The van der Waals surface area contributed by atoms with Gasteiger partial charge in [0.1, 0.15) is 0 Å². The number of piperidine rings is 1. The quantitative estimate of drug-likeness (QED) is 0.786. The lowest BCUT2D eigenvalue weighted by atomic mass is 9.97. The minimum absolute atomic E-state index is 0.149. The van der Waals surface area contributed by atoms with E-state index in [0.29, 0.717) is 23.6 Å². The van der Waals surface area contributed by atoms with Crippen molar-refractivity contribution in [3.8, 4) is 0 Å². The smallest absolute Gasteiger partial charge is 0.308 e. The number of carbonyl (C=O) groups is 2. The van der Waals surface area contributed by atoms with Crippen LogP contribution in [0, 0.1) is 9.49 Å². The van der Waals surface area contributed by atoms with Gasteiger partial charge in [-0.15, -0.1) is 0 Å². The SMILES string of the molecule is O=C(O)[C@@H]1CCCN(C(=O)c2ccc(I)c(Cl)c2)C1. The van der Waals surface area contributed by atoms with Gasteiger partial charge in [0.2, 0.25) is 0 Å². The highest BCUT2D eigenvalue weighted by atomic mass is 127. The summed E-state index contributed by atoms with van der Waals surface area (Å²) in [6, 6.07) is 5.14. The molecule has 1 atom stereocenters. The molecule has 1 saturated heterocycles. The number of nitrogens with zero attached hydrogens (tertiary/aromatic N) is 1. The van der Waals surface area contributed by atoms with Crippen LogP contribution in [0.5, 0.6) is 0 Å². The van der Waals surface area contributed by atoms with E-state index in [4.69, 9.17) is 16.7 Å². The van der Waals surface area contributed by atoms with Gasteiger partial charge < -0.3 is 10.0 Å². The van der Waals surface area contributed by atoms with E-state index in [9.17, 15) is 9.59 Å². The van der Waals surface area contributed by atoms with Gasteiger partial charge in [0.25, 0.3) is 5.91 Å². The summed E-state index contributed by atoms with van der Waals surface area (Å²) in [7, 11) is 0. The molecule has 0 spiro atoms. The van der Waals surface area contributed by atoms with Gasteiger partial charge in [-0.25, -0.2) is 0 Å². The summed E-state index contributed by atoms with van der Waals surface area (Å²) in [5.41, 5.74) is 0.511. The maximum Gasteiger partial charge on any atom is 0.308 e. The van der Waals surface area contributed by atoms with Gasteiger partial charge >= 0.3 is 5.97 Å². The van der Waals surface area contributed by atoms with E-state index in [-0.39, 0.29) is 12.5 Å². The van der Waals surface area contributed by atoms with E-state index in [1.165, 1.54) is 0 Å². The van der Waals surface area contributed by atoms with Crippen molar-refractivity contribution in [3.05, 3.63) is 32.4 Å². The van der Waals surface area contributed by atoms with Crippen molar-refractivity contribution in [1.82, 2.24) is 4.90 Å². The molecule has 0 unspecified atom stereocenters. The number of likely N-dealkylation sites (tertiary alicyclic amines) is 1. The largest absolute Gasteiger partial charge is 0.481 e. The van der Waals surface area contributed by atoms with Crippen molar-refractivity contribution >= 4 is 46.1 Å². The van der Waals surface area contributed by atoms with Crippen molar-refractivity contribution in [3.63, 3.8) is 0 Å². The van der Waals surface area contributed by atoms with Crippen LogP contribution in [-0.4, -0.2) is 35.0 Å². The van der Waals surface area contributed by atoms with Gasteiger partial charge in [0.15, 0.2) is 0 Å². The van der Waals surface area contributed by atoms with E-state index in [2.05, 4.69) is 22.6 Å². The molecule has 1 aliphatic heterocycles. The fourth-order valence-electron chi connectivity index (χ4n) is 2.17. The number of hydrogen-bond acceptors (Lipinski definition) is 2.